The third-order valence-electron chi connectivity index (χ3n) is 3.83. The summed E-state index contributed by atoms with van der Waals surface area (Å²) in [6.07, 6.45) is 0. The lowest BCUT2D eigenvalue weighted by Gasteiger charge is -2.25. The van der Waals surface area contributed by atoms with E-state index in [-0.39, 0.29) is 12.4 Å². The number of carbonyl (C=O) groups is 1. The molecule has 0 heterocycles. The van der Waals surface area contributed by atoms with Crippen molar-refractivity contribution in [1.29, 1.82) is 0 Å². The van der Waals surface area contributed by atoms with Gasteiger partial charge in [0.05, 0.1) is 0 Å². The quantitative estimate of drug-likeness (QED) is 0.693. The summed E-state index contributed by atoms with van der Waals surface area (Å²) in [4.78, 5) is 12.3. The number of benzene rings is 2. The fraction of sp³-hybridized carbons (Fsp3) is 0.250. The highest BCUT2D eigenvalue weighted by atomic mass is 19.1. The molecule has 124 valence electrons. The Labute approximate surface area is 141 Å². The summed E-state index contributed by atoms with van der Waals surface area (Å²) < 4.78 is 18.2. The Morgan fingerprint density at radius 2 is 1.83 bits per heavy atom. The highest BCUT2D eigenvalue weighted by Crippen LogP contribution is 2.16. The molecule has 3 nitrogen and oxygen atoms in total. The van der Waals surface area contributed by atoms with Crippen LogP contribution in [0.2, 0.25) is 0 Å². The summed E-state index contributed by atoms with van der Waals surface area (Å²) in [7, 11) is 0. The zero-order valence-electron chi connectivity index (χ0n) is 13.8. The van der Waals surface area contributed by atoms with Crippen LogP contribution in [0.4, 0.5) is 4.39 Å². The zero-order valence-corrected chi connectivity index (χ0v) is 13.8. The van der Waals surface area contributed by atoms with E-state index in [9.17, 15) is 9.18 Å². The molecule has 0 unspecified atom stereocenters. The van der Waals surface area contributed by atoms with Crippen molar-refractivity contribution >= 4 is 5.97 Å². The van der Waals surface area contributed by atoms with Crippen LogP contribution in [0, 0.1) is 23.6 Å². The molecule has 0 fully saturated rings. The lowest BCUT2D eigenvalue weighted by atomic mass is 9.88. The van der Waals surface area contributed by atoms with Gasteiger partial charge in [0.1, 0.15) is 18.0 Å². The normalized spacial score (nSPS) is 14.0. The fourth-order valence-corrected chi connectivity index (χ4v) is 1.93. The number of ether oxygens (including phenoxy) is 1. The highest BCUT2D eigenvalue weighted by molar-refractivity contribution is 5.81. The van der Waals surface area contributed by atoms with Crippen LogP contribution < -0.4 is 5.73 Å². The summed E-state index contributed by atoms with van der Waals surface area (Å²) in [5.74, 6) is 4.59. The van der Waals surface area contributed by atoms with E-state index in [1.165, 1.54) is 12.1 Å². The van der Waals surface area contributed by atoms with Gasteiger partial charge in [-0.05, 0) is 43.7 Å². The maximum absolute atomic E-state index is 12.9. The Morgan fingerprint density at radius 1 is 1.21 bits per heavy atom. The number of hydrogen-bond donors (Lipinski definition) is 1. The van der Waals surface area contributed by atoms with E-state index in [4.69, 9.17) is 10.5 Å². The van der Waals surface area contributed by atoms with Crippen molar-refractivity contribution in [3.63, 3.8) is 0 Å². The van der Waals surface area contributed by atoms with E-state index in [1.807, 2.05) is 30.3 Å². The summed E-state index contributed by atoms with van der Waals surface area (Å²) in [5, 5.41) is 0. The Morgan fingerprint density at radius 3 is 2.46 bits per heavy atom. The first kappa shape index (κ1) is 17.7. The van der Waals surface area contributed by atoms with Crippen molar-refractivity contribution in [2.45, 2.75) is 26.0 Å². The van der Waals surface area contributed by atoms with Crippen molar-refractivity contribution in [3.8, 4) is 11.8 Å². The molecule has 0 bridgehead atoms. The third-order valence-corrected chi connectivity index (χ3v) is 3.83. The molecule has 2 aromatic rings. The van der Waals surface area contributed by atoms with E-state index in [0.29, 0.717) is 5.56 Å². The summed E-state index contributed by atoms with van der Waals surface area (Å²) in [5.41, 5.74) is 6.44. The number of carbonyl (C=O) groups excluding carboxylic acids is 1. The minimum absolute atomic E-state index is 0.171. The lowest BCUT2D eigenvalue weighted by Crippen LogP contribution is -2.51. The van der Waals surface area contributed by atoms with E-state index in [0.717, 1.165) is 5.56 Å². The van der Waals surface area contributed by atoms with Crippen LogP contribution in [0.25, 0.3) is 0 Å². The van der Waals surface area contributed by atoms with Crippen LogP contribution in [0.15, 0.2) is 54.6 Å². The van der Waals surface area contributed by atoms with Crippen LogP contribution in [0.5, 0.6) is 0 Å². The molecule has 0 amide bonds. The Bertz CT molecular complexity index is 743. The largest absolute Gasteiger partial charge is 0.459 e. The number of rotatable bonds is 4. The van der Waals surface area contributed by atoms with Crippen molar-refractivity contribution in [1.82, 2.24) is 0 Å². The second kappa shape index (κ2) is 7.76. The fourth-order valence-electron chi connectivity index (χ4n) is 1.93. The lowest BCUT2D eigenvalue weighted by molar-refractivity contribution is -0.152. The van der Waals surface area contributed by atoms with Crippen molar-refractivity contribution < 1.29 is 13.9 Å². The van der Waals surface area contributed by atoms with Gasteiger partial charge >= 0.3 is 5.97 Å². The maximum Gasteiger partial charge on any atom is 0.327 e. The Hall–Kier alpha value is -2.64. The molecule has 4 heteroatoms. The predicted octanol–water partition coefficient (Wildman–Crippen LogP) is 3.27. The van der Waals surface area contributed by atoms with Crippen LogP contribution in [0.3, 0.4) is 0 Å². The standard InChI is InChI=1S/C20H20FNO2/c1-15(8-9-16-10-12-18(21)13-11-16)20(2,22)19(23)24-14-17-6-4-3-5-7-17/h3-7,10-13,15H,14,22H2,1-2H3/t15-,20+/m1/s1. The van der Waals surface area contributed by atoms with Gasteiger partial charge in [-0.15, -0.1) is 0 Å². The van der Waals surface area contributed by atoms with Gasteiger partial charge in [-0.3, -0.25) is 4.79 Å². The van der Waals surface area contributed by atoms with Gasteiger partial charge in [0, 0.05) is 11.5 Å². The van der Waals surface area contributed by atoms with Crippen LogP contribution >= 0.6 is 0 Å². The van der Waals surface area contributed by atoms with Crippen LogP contribution in [0.1, 0.15) is 25.0 Å². The molecular formula is C20H20FNO2. The molecule has 0 aromatic heterocycles. The molecule has 0 saturated heterocycles. The molecule has 2 rings (SSSR count). The number of nitrogens with two attached hydrogens (primary N) is 1. The summed E-state index contributed by atoms with van der Waals surface area (Å²) in [6.45, 7) is 3.54. The average molecular weight is 325 g/mol. The monoisotopic (exact) mass is 325 g/mol. The topological polar surface area (TPSA) is 52.3 Å². The van der Waals surface area contributed by atoms with Gasteiger partial charge < -0.3 is 10.5 Å². The first-order valence-corrected chi connectivity index (χ1v) is 7.66. The van der Waals surface area contributed by atoms with Crippen LogP contribution in [-0.4, -0.2) is 11.5 Å². The van der Waals surface area contributed by atoms with Gasteiger partial charge in [0.2, 0.25) is 0 Å². The minimum atomic E-state index is -1.23. The van der Waals surface area contributed by atoms with Gasteiger partial charge in [0.15, 0.2) is 0 Å². The van der Waals surface area contributed by atoms with E-state index < -0.39 is 17.4 Å². The van der Waals surface area contributed by atoms with E-state index >= 15 is 0 Å². The molecular weight excluding hydrogens is 305 g/mol. The summed E-state index contributed by atoms with van der Waals surface area (Å²) in [6, 6.07) is 15.2. The van der Waals surface area contributed by atoms with Gasteiger partial charge in [-0.2, -0.15) is 0 Å². The third kappa shape index (κ3) is 4.68. The highest BCUT2D eigenvalue weighted by Gasteiger charge is 2.35. The predicted molar refractivity (Wildman–Crippen MR) is 91.3 cm³/mol. The molecule has 0 spiro atoms. The van der Waals surface area contributed by atoms with Gasteiger partial charge in [-0.1, -0.05) is 42.2 Å². The SMILES string of the molecule is C[C@H](C#Cc1ccc(F)cc1)[C@](C)(N)C(=O)OCc1ccccc1. The molecule has 2 atom stereocenters. The second-order valence-electron chi connectivity index (χ2n) is 5.84. The first-order valence-electron chi connectivity index (χ1n) is 7.66. The zero-order chi connectivity index (χ0) is 17.6. The van der Waals surface area contributed by atoms with Gasteiger partial charge in [0.25, 0.3) is 0 Å². The first-order chi connectivity index (χ1) is 11.4. The number of hydrogen-bond acceptors (Lipinski definition) is 3. The maximum atomic E-state index is 12.9. The molecule has 0 aliphatic rings. The molecule has 2 aromatic carbocycles. The van der Waals surface area contributed by atoms with Gasteiger partial charge in [-0.25, -0.2) is 4.39 Å². The Balaban J connectivity index is 2.00. The second-order valence-corrected chi connectivity index (χ2v) is 5.84. The number of esters is 1. The van der Waals surface area contributed by atoms with Crippen molar-refractivity contribution in [2.24, 2.45) is 11.7 Å². The van der Waals surface area contributed by atoms with Crippen LogP contribution in [-0.2, 0) is 16.1 Å². The number of halogens is 1. The molecule has 24 heavy (non-hydrogen) atoms. The van der Waals surface area contributed by atoms with E-state index in [1.54, 1.807) is 26.0 Å². The van der Waals surface area contributed by atoms with Crippen molar-refractivity contribution in [2.75, 3.05) is 0 Å². The molecule has 0 saturated carbocycles. The molecule has 0 aliphatic heterocycles. The minimum Gasteiger partial charge on any atom is -0.459 e. The molecule has 2 N–H and O–H groups in total. The van der Waals surface area contributed by atoms with Crippen molar-refractivity contribution in [3.05, 3.63) is 71.5 Å². The average Bonchev–Trinajstić information content (AvgIpc) is 2.59. The smallest absolute Gasteiger partial charge is 0.327 e. The summed E-state index contributed by atoms with van der Waals surface area (Å²) >= 11 is 0. The van der Waals surface area contributed by atoms with E-state index in [2.05, 4.69) is 11.8 Å². The molecule has 0 aliphatic carbocycles. The molecule has 0 radical (unpaired) electrons. The Kier molecular flexibility index (Phi) is 5.73.